The van der Waals surface area contributed by atoms with Gasteiger partial charge in [-0.2, -0.15) is 8.42 Å². The molecule has 29 heavy (non-hydrogen) atoms. The lowest BCUT2D eigenvalue weighted by Gasteiger charge is -2.23. The average molecular weight is 479 g/mol. The molecule has 7 nitrogen and oxygen atoms in total. The molecule has 0 bridgehead atoms. The van der Waals surface area contributed by atoms with Crippen LogP contribution in [0.25, 0.3) is 0 Å². The average Bonchev–Trinajstić information content (AvgIpc) is 3.15. The number of hydrogen-bond donors (Lipinski definition) is 1. The van der Waals surface area contributed by atoms with Gasteiger partial charge in [-0.25, -0.2) is 4.79 Å². The minimum atomic E-state index is -3.64. The predicted octanol–water partition coefficient (Wildman–Crippen LogP) is 4.61. The van der Waals surface area contributed by atoms with Gasteiger partial charge >= 0.3 is 16.1 Å². The molecule has 2 aromatic carbocycles. The summed E-state index contributed by atoms with van der Waals surface area (Å²) in [7, 11) is -3.64. The molecule has 0 saturated heterocycles. The summed E-state index contributed by atoms with van der Waals surface area (Å²) in [6.07, 6.45) is 2.52. The van der Waals surface area contributed by atoms with Crippen molar-refractivity contribution < 1.29 is 21.8 Å². The minimum absolute atomic E-state index is 0.189. The molecule has 0 aliphatic carbocycles. The zero-order chi connectivity index (χ0) is 20.9. The SMILES string of the molecule is CS(=O)(=O)Oc1cccc(CN(Cc2ccco2)C(=O)Nc2ccccc2Br)c1. The number of hydrogen-bond acceptors (Lipinski definition) is 5. The summed E-state index contributed by atoms with van der Waals surface area (Å²) in [5.41, 5.74) is 1.34. The molecule has 2 amide bonds. The summed E-state index contributed by atoms with van der Waals surface area (Å²) in [5, 5.41) is 2.87. The van der Waals surface area contributed by atoms with E-state index < -0.39 is 10.1 Å². The van der Waals surface area contributed by atoms with E-state index in [-0.39, 0.29) is 24.9 Å². The van der Waals surface area contributed by atoms with Gasteiger partial charge < -0.3 is 18.8 Å². The number of nitrogens with one attached hydrogen (secondary N) is 1. The molecule has 9 heteroatoms. The normalized spacial score (nSPS) is 11.1. The number of nitrogens with zero attached hydrogens (tertiary/aromatic N) is 1. The first kappa shape index (κ1) is 20.9. The van der Waals surface area contributed by atoms with Crippen LogP contribution in [0.1, 0.15) is 11.3 Å². The zero-order valence-electron chi connectivity index (χ0n) is 15.5. The summed E-state index contributed by atoms with van der Waals surface area (Å²) in [4.78, 5) is 14.5. The van der Waals surface area contributed by atoms with Gasteiger partial charge in [0.05, 0.1) is 24.8 Å². The molecule has 0 unspecified atom stereocenters. The fraction of sp³-hybridized carbons (Fsp3) is 0.150. The highest BCUT2D eigenvalue weighted by Gasteiger charge is 2.18. The third-order valence-corrected chi connectivity index (χ3v) is 5.04. The molecule has 0 aliphatic rings. The van der Waals surface area contributed by atoms with Gasteiger partial charge in [-0.3, -0.25) is 0 Å². The highest BCUT2D eigenvalue weighted by molar-refractivity contribution is 9.10. The Morgan fingerprint density at radius 1 is 1.10 bits per heavy atom. The second-order valence-electron chi connectivity index (χ2n) is 6.28. The van der Waals surface area contributed by atoms with Crippen molar-refractivity contribution >= 4 is 37.8 Å². The largest absolute Gasteiger partial charge is 0.467 e. The van der Waals surface area contributed by atoms with E-state index >= 15 is 0 Å². The van der Waals surface area contributed by atoms with Crippen LogP contribution in [0.4, 0.5) is 10.5 Å². The molecule has 0 saturated carbocycles. The molecular weight excluding hydrogens is 460 g/mol. The van der Waals surface area contributed by atoms with Crippen molar-refractivity contribution in [3.8, 4) is 5.75 Å². The van der Waals surface area contributed by atoms with Crippen LogP contribution >= 0.6 is 15.9 Å². The number of rotatable bonds is 7. The minimum Gasteiger partial charge on any atom is -0.467 e. The molecule has 0 fully saturated rings. The summed E-state index contributed by atoms with van der Waals surface area (Å²) >= 11 is 3.41. The van der Waals surface area contributed by atoms with Gasteiger partial charge in [-0.05, 0) is 57.9 Å². The Balaban J connectivity index is 1.81. The van der Waals surface area contributed by atoms with Gasteiger partial charge in [0, 0.05) is 11.0 Å². The van der Waals surface area contributed by atoms with Crippen molar-refractivity contribution in [2.75, 3.05) is 11.6 Å². The van der Waals surface area contributed by atoms with E-state index in [2.05, 4.69) is 21.2 Å². The Morgan fingerprint density at radius 3 is 2.59 bits per heavy atom. The van der Waals surface area contributed by atoms with E-state index in [4.69, 9.17) is 8.60 Å². The fourth-order valence-corrected chi connectivity index (χ4v) is 3.48. The maximum Gasteiger partial charge on any atom is 0.322 e. The highest BCUT2D eigenvalue weighted by Crippen LogP contribution is 2.23. The topological polar surface area (TPSA) is 88.9 Å². The summed E-state index contributed by atoms with van der Waals surface area (Å²) in [6.45, 7) is 0.457. The summed E-state index contributed by atoms with van der Waals surface area (Å²) in [5.74, 6) is 0.810. The molecule has 1 heterocycles. The van der Waals surface area contributed by atoms with Crippen LogP contribution in [0.3, 0.4) is 0 Å². The lowest BCUT2D eigenvalue weighted by atomic mass is 10.2. The predicted molar refractivity (Wildman–Crippen MR) is 113 cm³/mol. The van der Waals surface area contributed by atoms with Crippen LogP contribution in [0.2, 0.25) is 0 Å². The van der Waals surface area contributed by atoms with Crippen LogP contribution in [-0.4, -0.2) is 25.6 Å². The van der Waals surface area contributed by atoms with Gasteiger partial charge in [-0.1, -0.05) is 24.3 Å². The molecule has 0 aliphatic heterocycles. The van der Waals surface area contributed by atoms with Crippen molar-refractivity contribution in [2.24, 2.45) is 0 Å². The summed E-state index contributed by atoms with van der Waals surface area (Å²) in [6, 6.07) is 17.1. The Labute approximate surface area is 177 Å². The van der Waals surface area contributed by atoms with E-state index in [1.54, 1.807) is 53.6 Å². The number of carbonyl (C=O) groups is 1. The van der Waals surface area contributed by atoms with Gasteiger partial charge in [0.1, 0.15) is 11.5 Å². The van der Waals surface area contributed by atoms with Crippen molar-refractivity contribution in [3.63, 3.8) is 0 Å². The van der Waals surface area contributed by atoms with Gasteiger partial charge in [0.2, 0.25) is 0 Å². The third kappa shape index (κ3) is 6.37. The van der Waals surface area contributed by atoms with Crippen molar-refractivity contribution in [3.05, 3.63) is 82.7 Å². The zero-order valence-corrected chi connectivity index (χ0v) is 17.9. The van der Waals surface area contributed by atoms with E-state index in [1.807, 2.05) is 18.2 Å². The fourth-order valence-electron chi connectivity index (χ4n) is 2.64. The van der Waals surface area contributed by atoms with Gasteiger partial charge in [0.15, 0.2) is 0 Å². The Morgan fingerprint density at radius 2 is 1.90 bits per heavy atom. The quantitative estimate of drug-likeness (QED) is 0.500. The van der Waals surface area contributed by atoms with Crippen LogP contribution in [0.15, 0.2) is 75.8 Å². The van der Waals surface area contributed by atoms with Crippen molar-refractivity contribution in [1.82, 2.24) is 4.90 Å². The van der Waals surface area contributed by atoms with Gasteiger partial charge in [0.25, 0.3) is 0 Å². The van der Waals surface area contributed by atoms with Gasteiger partial charge in [-0.15, -0.1) is 0 Å². The number of anilines is 1. The number of para-hydroxylation sites is 1. The third-order valence-electron chi connectivity index (χ3n) is 3.85. The lowest BCUT2D eigenvalue weighted by molar-refractivity contribution is 0.201. The number of amides is 2. The smallest absolute Gasteiger partial charge is 0.322 e. The second kappa shape index (κ2) is 9.15. The maximum absolute atomic E-state index is 12.9. The maximum atomic E-state index is 12.9. The molecule has 1 aromatic heterocycles. The van der Waals surface area contributed by atoms with Crippen LogP contribution in [0.5, 0.6) is 5.75 Å². The standard InChI is InChI=1S/C20H19BrN2O5S/c1-29(25,26)28-16-7-4-6-15(12-16)13-23(14-17-8-5-11-27-17)20(24)22-19-10-3-2-9-18(19)21/h2-12H,13-14H2,1H3,(H,22,24). The Bertz CT molecular complexity index is 1080. The lowest BCUT2D eigenvalue weighted by Crippen LogP contribution is -2.34. The van der Waals surface area contributed by atoms with Crippen LogP contribution < -0.4 is 9.50 Å². The van der Waals surface area contributed by atoms with Crippen LogP contribution in [0, 0.1) is 0 Å². The monoisotopic (exact) mass is 478 g/mol. The molecule has 0 radical (unpaired) electrons. The molecule has 1 N–H and O–H groups in total. The first-order chi connectivity index (χ1) is 13.8. The number of halogens is 1. The Kier molecular flexibility index (Phi) is 6.60. The molecular formula is C20H19BrN2O5S. The molecule has 3 aromatic rings. The highest BCUT2D eigenvalue weighted by atomic mass is 79.9. The number of carbonyl (C=O) groups excluding carboxylic acids is 1. The van der Waals surface area contributed by atoms with E-state index in [1.165, 1.54) is 0 Å². The Hall–Kier alpha value is -2.78. The molecule has 0 spiro atoms. The van der Waals surface area contributed by atoms with Crippen molar-refractivity contribution in [2.45, 2.75) is 13.1 Å². The van der Waals surface area contributed by atoms with Crippen molar-refractivity contribution in [1.29, 1.82) is 0 Å². The second-order valence-corrected chi connectivity index (χ2v) is 8.71. The molecule has 3 rings (SSSR count). The van der Waals surface area contributed by atoms with E-state index in [0.29, 0.717) is 17.0 Å². The van der Waals surface area contributed by atoms with Crippen LogP contribution in [-0.2, 0) is 23.2 Å². The van der Waals surface area contributed by atoms with E-state index in [9.17, 15) is 13.2 Å². The summed E-state index contributed by atoms with van der Waals surface area (Å²) < 4.78 is 33.8. The first-order valence-corrected chi connectivity index (χ1v) is 11.2. The number of urea groups is 1. The molecule has 0 atom stereocenters. The molecule has 152 valence electrons. The van der Waals surface area contributed by atoms with E-state index in [0.717, 1.165) is 10.7 Å². The number of furan rings is 1. The first-order valence-electron chi connectivity index (χ1n) is 8.61. The number of benzene rings is 2.